The smallest absolute Gasteiger partial charge is 0.119 e. The largest absolute Gasteiger partial charge is 0.306 e. The molecule has 0 aromatic carbocycles. The third kappa shape index (κ3) is 5.91. The summed E-state index contributed by atoms with van der Waals surface area (Å²) in [5.41, 5.74) is 0.768. The van der Waals surface area contributed by atoms with Gasteiger partial charge in [0.25, 0.3) is 0 Å². The van der Waals surface area contributed by atoms with Crippen LogP contribution in [0.4, 0.5) is 4.39 Å². The first-order valence-corrected chi connectivity index (χ1v) is 8.09. The molecule has 2 fully saturated rings. The Morgan fingerprint density at radius 3 is 2.43 bits per heavy atom. The van der Waals surface area contributed by atoms with Crippen LogP contribution in [0.15, 0.2) is 24.6 Å². The molecule has 1 unspecified atom stereocenters. The second kappa shape index (κ2) is 8.09. The number of halogens is 1. The molecule has 0 amide bonds. The topological polar surface area (TPSA) is 6.48 Å². The molecule has 21 heavy (non-hydrogen) atoms. The van der Waals surface area contributed by atoms with Gasteiger partial charge >= 0.3 is 0 Å². The Morgan fingerprint density at radius 1 is 1.43 bits per heavy atom. The number of likely N-dealkylation sites (N-methyl/N-ethyl adjacent to an activating group) is 1. The third-order valence-corrected chi connectivity index (χ3v) is 4.74. The Kier molecular flexibility index (Phi) is 7.08. The van der Waals surface area contributed by atoms with Gasteiger partial charge in [0.05, 0.1) is 0 Å². The Bertz CT molecular complexity index is 354. The van der Waals surface area contributed by atoms with E-state index in [1.54, 1.807) is 0 Å². The highest BCUT2D eigenvalue weighted by Crippen LogP contribution is 2.49. The third-order valence-electron chi connectivity index (χ3n) is 4.74. The molecule has 1 saturated heterocycles. The van der Waals surface area contributed by atoms with Gasteiger partial charge in [0.15, 0.2) is 0 Å². The molecule has 3 heteroatoms. The minimum absolute atomic E-state index is 0.260. The summed E-state index contributed by atoms with van der Waals surface area (Å²) in [7, 11) is 6.01. The molecule has 1 spiro atoms. The van der Waals surface area contributed by atoms with Crippen molar-refractivity contribution in [3.05, 3.63) is 24.6 Å². The van der Waals surface area contributed by atoms with Gasteiger partial charge in [0.1, 0.15) is 5.83 Å². The molecule has 1 saturated carbocycles. The van der Waals surface area contributed by atoms with Crippen molar-refractivity contribution in [2.75, 3.05) is 40.8 Å². The molecular weight excluding hydrogens is 263 g/mol. The quantitative estimate of drug-likeness (QED) is 0.725. The lowest BCUT2D eigenvalue weighted by atomic mass is 9.77. The summed E-state index contributed by atoms with van der Waals surface area (Å²) in [6.45, 7) is 11.4. The van der Waals surface area contributed by atoms with Crippen molar-refractivity contribution in [3.63, 3.8) is 0 Å². The molecule has 0 bridgehead atoms. The van der Waals surface area contributed by atoms with E-state index in [1.807, 2.05) is 19.0 Å². The van der Waals surface area contributed by atoms with Crippen LogP contribution < -0.4 is 0 Å². The average Bonchev–Trinajstić information content (AvgIpc) is 2.81. The molecule has 0 radical (unpaired) electrons. The van der Waals surface area contributed by atoms with Crippen molar-refractivity contribution in [1.82, 2.24) is 9.80 Å². The lowest BCUT2D eigenvalue weighted by molar-refractivity contribution is 0.0233. The van der Waals surface area contributed by atoms with E-state index in [9.17, 15) is 4.39 Å². The van der Waals surface area contributed by atoms with Gasteiger partial charge in [-0.25, -0.2) is 4.39 Å². The zero-order chi connectivity index (χ0) is 16.0. The highest BCUT2D eigenvalue weighted by molar-refractivity contribution is 5.07. The molecule has 1 aliphatic heterocycles. The average molecular weight is 296 g/mol. The van der Waals surface area contributed by atoms with Gasteiger partial charge in [-0.1, -0.05) is 20.4 Å². The fourth-order valence-electron chi connectivity index (χ4n) is 3.56. The predicted molar refractivity (Wildman–Crippen MR) is 90.1 cm³/mol. The number of nitrogens with zero attached hydrogens (tertiary/aromatic N) is 2. The summed E-state index contributed by atoms with van der Waals surface area (Å²) in [6.07, 6.45) is 7.18. The summed E-state index contributed by atoms with van der Waals surface area (Å²) in [6, 6.07) is 0. The maximum Gasteiger partial charge on any atom is 0.119 e. The molecule has 1 aliphatic carbocycles. The molecule has 2 aliphatic rings. The van der Waals surface area contributed by atoms with Crippen LogP contribution >= 0.6 is 0 Å². The van der Waals surface area contributed by atoms with E-state index in [-0.39, 0.29) is 5.83 Å². The molecule has 0 aromatic heterocycles. The first-order chi connectivity index (χ1) is 9.78. The van der Waals surface area contributed by atoms with Crippen molar-refractivity contribution >= 4 is 0 Å². The monoisotopic (exact) mass is 296 g/mol. The summed E-state index contributed by atoms with van der Waals surface area (Å²) in [5, 5.41) is 0. The van der Waals surface area contributed by atoms with E-state index in [0.29, 0.717) is 6.54 Å². The Labute approximate surface area is 130 Å². The minimum Gasteiger partial charge on any atom is -0.306 e. The Hall–Kier alpha value is -0.670. The summed E-state index contributed by atoms with van der Waals surface area (Å²) < 4.78 is 12.2. The number of hydrogen-bond donors (Lipinski definition) is 0. The van der Waals surface area contributed by atoms with Crippen LogP contribution in [0.1, 0.15) is 33.1 Å². The molecule has 2 nitrogen and oxygen atoms in total. The van der Waals surface area contributed by atoms with Crippen LogP contribution in [0.2, 0.25) is 0 Å². The summed E-state index contributed by atoms with van der Waals surface area (Å²) in [5.74, 6) is 1.68. The maximum atomic E-state index is 12.2. The van der Waals surface area contributed by atoms with Crippen LogP contribution in [0.5, 0.6) is 0 Å². The van der Waals surface area contributed by atoms with Gasteiger partial charge in [-0.2, -0.15) is 0 Å². The molecular formula is C18H33FN2. The van der Waals surface area contributed by atoms with Gasteiger partial charge in [-0.15, -0.1) is 0 Å². The molecule has 2 rings (SSSR count). The number of likely N-dealkylation sites (tertiary alicyclic amines) is 1. The van der Waals surface area contributed by atoms with Crippen molar-refractivity contribution in [2.24, 2.45) is 17.3 Å². The lowest BCUT2D eigenvalue weighted by Gasteiger charge is -2.46. The van der Waals surface area contributed by atoms with Crippen molar-refractivity contribution < 1.29 is 4.39 Å². The van der Waals surface area contributed by atoms with Gasteiger partial charge in [-0.3, -0.25) is 0 Å². The summed E-state index contributed by atoms with van der Waals surface area (Å²) >= 11 is 0. The van der Waals surface area contributed by atoms with Gasteiger partial charge in [0, 0.05) is 19.6 Å². The number of allylic oxidation sites excluding steroid dienone is 2. The van der Waals surface area contributed by atoms with E-state index in [1.165, 1.54) is 44.5 Å². The van der Waals surface area contributed by atoms with Crippen molar-refractivity contribution in [2.45, 2.75) is 33.1 Å². The first kappa shape index (κ1) is 18.4. The fraction of sp³-hybridized carbons (Fsp3) is 0.778. The van der Waals surface area contributed by atoms with Crippen LogP contribution in [-0.4, -0.2) is 50.6 Å². The van der Waals surface area contributed by atoms with Crippen LogP contribution in [0.25, 0.3) is 0 Å². The lowest BCUT2D eigenvalue weighted by Crippen LogP contribution is -2.52. The Balaban J connectivity index is 0.000000222. The second-order valence-corrected chi connectivity index (χ2v) is 7.47. The van der Waals surface area contributed by atoms with Crippen molar-refractivity contribution in [3.8, 4) is 0 Å². The van der Waals surface area contributed by atoms with E-state index < -0.39 is 0 Å². The molecule has 0 aromatic rings. The van der Waals surface area contributed by atoms with Crippen molar-refractivity contribution in [1.29, 1.82) is 0 Å². The maximum absolute atomic E-state index is 12.2. The molecule has 1 heterocycles. The van der Waals surface area contributed by atoms with E-state index >= 15 is 0 Å². The Morgan fingerprint density at radius 2 is 2.05 bits per heavy atom. The molecule has 1 atom stereocenters. The second-order valence-electron chi connectivity index (χ2n) is 7.47. The van der Waals surface area contributed by atoms with Gasteiger partial charge in [0.2, 0.25) is 0 Å². The van der Waals surface area contributed by atoms with Crippen LogP contribution in [-0.2, 0) is 0 Å². The molecule has 0 N–H and O–H groups in total. The minimum atomic E-state index is -0.260. The first-order valence-electron chi connectivity index (χ1n) is 8.09. The van der Waals surface area contributed by atoms with Crippen LogP contribution in [0, 0.1) is 17.3 Å². The number of rotatable bonds is 4. The van der Waals surface area contributed by atoms with Gasteiger partial charge in [-0.05, 0) is 69.8 Å². The number of hydrogen-bond acceptors (Lipinski definition) is 2. The van der Waals surface area contributed by atoms with Crippen LogP contribution in [0.3, 0.4) is 0 Å². The normalized spacial score (nSPS) is 25.0. The SMILES string of the molecule is C=C/C(F)=C\CN(C)C.CC(C)C1CCC2(C1)CN(C)C2. The fourth-order valence-corrected chi connectivity index (χ4v) is 3.56. The van der Waals surface area contributed by atoms with E-state index in [2.05, 4.69) is 32.4 Å². The van der Waals surface area contributed by atoms with E-state index in [4.69, 9.17) is 0 Å². The zero-order valence-corrected chi connectivity index (χ0v) is 14.5. The highest BCUT2D eigenvalue weighted by Gasteiger charge is 2.46. The van der Waals surface area contributed by atoms with Gasteiger partial charge < -0.3 is 9.80 Å². The zero-order valence-electron chi connectivity index (χ0n) is 14.5. The standard InChI is InChI=1S/C11H21N.C7H12FN/c1-9(2)10-4-5-11(6-10)7-12(3)8-11;1-4-7(8)5-6-9(2)3/h9-10H,4-8H2,1-3H3;4-5H,1,6H2,2-3H3/b;7-5+. The summed E-state index contributed by atoms with van der Waals surface area (Å²) in [4.78, 5) is 4.34. The van der Waals surface area contributed by atoms with E-state index in [0.717, 1.165) is 17.3 Å². The highest BCUT2D eigenvalue weighted by atomic mass is 19.1. The predicted octanol–water partition coefficient (Wildman–Crippen LogP) is 3.96. The molecule has 122 valence electrons.